The van der Waals surface area contributed by atoms with E-state index in [1.807, 2.05) is 12.1 Å². The van der Waals surface area contributed by atoms with Crippen LogP contribution in [-0.4, -0.2) is 82.1 Å². The number of methoxy groups -OCH3 is 1. The predicted octanol–water partition coefficient (Wildman–Crippen LogP) is 1.76. The molecule has 35 heavy (non-hydrogen) atoms. The minimum absolute atomic E-state index is 0.00297. The molecule has 6 rings (SSSR count). The summed E-state index contributed by atoms with van der Waals surface area (Å²) >= 11 is 0. The standard InChI is InChI=1S/C27H34N2O6/c1-35-19-7-6-17-9-23-27(34)12-18(10-24(31)29-8-2-3-21(29)25(32)33)22(30)13-26(27,20(17)11-19)15-28(23)14-16-4-5-16/h6-7,11,16,18,21,23,34H,2-5,8-10,12-15H2,1H3,(H,32,33)/t18-,21-,23+,26?,27+/m0/s1. The number of rotatable bonds is 6. The molecule has 3 aliphatic carbocycles. The molecule has 8 heteroatoms. The van der Waals surface area contributed by atoms with Crippen molar-refractivity contribution in [2.75, 3.05) is 26.7 Å². The number of carboxylic acids is 1. The number of nitrogens with zero attached hydrogens (tertiary/aromatic N) is 2. The van der Waals surface area contributed by atoms with Gasteiger partial charge in [0.15, 0.2) is 0 Å². The second-order valence-corrected chi connectivity index (χ2v) is 11.5. The Morgan fingerprint density at radius 3 is 2.74 bits per heavy atom. The van der Waals surface area contributed by atoms with Gasteiger partial charge in [-0.3, -0.25) is 14.5 Å². The van der Waals surface area contributed by atoms with E-state index in [2.05, 4.69) is 11.0 Å². The van der Waals surface area contributed by atoms with Crippen molar-refractivity contribution in [1.82, 2.24) is 9.80 Å². The van der Waals surface area contributed by atoms with E-state index in [1.165, 1.54) is 23.3 Å². The average molecular weight is 483 g/mol. The number of amides is 1. The molecular formula is C27H34N2O6. The van der Waals surface area contributed by atoms with Gasteiger partial charge in [0, 0.05) is 49.9 Å². The zero-order valence-electron chi connectivity index (χ0n) is 20.2. The summed E-state index contributed by atoms with van der Waals surface area (Å²) in [6.45, 7) is 1.99. The van der Waals surface area contributed by atoms with Gasteiger partial charge in [-0.1, -0.05) is 6.07 Å². The lowest BCUT2D eigenvalue weighted by atomic mass is 9.53. The molecule has 2 bridgehead atoms. The van der Waals surface area contributed by atoms with E-state index < -0.39 is 28.9 Å². The first-order chi connectivity index (χ1) is 16.8. The van der Waals surface area contributed by atoms with Gasteiger partial charge in [-0.15, -0.1) is 0 Å². The topological polar surface area (TPSA) is 107 Å². The lowest BCUT2D eigenvalue weighted by Gasteiger charge is -2.53. The third-order valence-corrected chi connectivity index (χ3v) is 9.50. The van der Waals surface area contributed by atoms with E-state index >= 15 is 0 Å². The van der Waals surface area contributed by atoms with Crippen molar-refractivity contribution >= 4 is 17.7 Å². The Hall–Kier alpha value is -2.45. The van der Waals surface area contributed by atoms with Crippen LogP contribution in [0.1, 0.15) is 56.1 Å². The molecule has 8 nitrogen and oxygen atoms in total. The highest BCUT2D eigenvalue weighted by atomic mass is 16.5. The van der Waals surface area contributed by atoms with Gasteiger partial charge < -0.3 is 19.8 Å². The Labute approximate surface area is 205 Å². The normalized spacial score (nSPS) is 36.1. The third-order valence-electron chi connectivity index (χ3n) is 9.50. The lowest BCUT2D eigenvalue weighted by molar-refractivity contribution is -0.152. The number of fused-ring (bicyclic) bond motifs is 1. The number of likely N-dealkylation sites (tertiary alicyclic amines) is 2. The van der Waals surface area contributed by atoms with Gasteiger partial charge in [-0.05, 0) is 67.7 Å². The summed E-state index contributed by atoms with van der Waals surface area (Å²) in [5.41, 5.74) is 0.361. The maximum absolute atomic E-state index is 13.6. The number of ether oxygens (including phenoxy) is 1. The smallest absolute Gasteiger partial charge is 0.326 e. The van der Waals surface area contributed by atoms with Crippen LogP contribution in [-0.2, 0) is 26.2 Å². The highest BCUT2D eigenvalue weighted by molar-refractivity contribution is 5.91. The number of Topliss-reactive ketones (excluding diaryl/α,β-unsaturated/α-hetero) is 1. The highest BCUT2D eigenvalue weighted by Crippen LogP contribution is 2.60. The Balaban J connectivity index is 1.32. The number of aliphatic carboxylic acids is 1. The van der Waals surface area contributed by atoms with Crippen LogP contribution >= 0.6 is 0 Å². The van der Waals surface area contributed by atoms with E-state index in [9.17, 15) is 24.6 Å². The van der Waals surface area contributed by atoms with Gasteiger partial charge in [0.2, 0.25) is 5.91 Å². The molecule has 0 radical (unpaired) electrons. The molecule has 0 spiro atoms. The number of aliphatic hydroxyl groups is 1. The quantitative estimate of drug-likeness (QED) is 0.636. The first kappa shape index (κ1) is 23.0. The summed E-state index contributed by atoms with van der Waals surface area (Å²) in [6, 6.07) is 5.12. The summed E-state index contributed by atoms with van der Waals surface area (Å²) in [4.78, 5) is 42.1. The van der Waals surface area contributed by atoms with Gasteiger partial charge in [-0.2, -0.15) is 0 Å². The Morgan fingerprint density at radius 1 is 1.23 bits per heavy atom. The van der Waals surface area contributed by atoms with Crippen LogP contribution in [0.3, 0.4) is 0 Å². The van der Waals surface area contributed by atoms with Crippen molar-refractivity contribution in [2.45, 2.75) is 74.5 Å². The number of benzene rings is 1. The number of ketones is 1. The SMILES string of the molecule is COc1ccc2c(c1)C13CC(=O)[C@@H](CC(=O)N4CCC[C@H]4C(=O)O)C[C@@]1(O)[C@@H](C2)N(CC1CC1)C3. The molecule has 1 aromatic carbocycles. The zero-order chi connectivity index (χ0) is 24.5. The predicted molar refractivity (Wildman–Crippen MR) is 126 cm³/mol. The van der Waals surface area contributed by atoms with Crippen LogP contribution < -0.4 is 4.74 Å². The van der Waals surface area contributed by atoms with Crippen molar-refractivity contribution in [1.29, 1.82) is 0 Å². The number of hydrogen-bond acceptors (Lipinski definition) is 6. The second-order valence-electron chi connectivity index (χ2n) is 11.5. The largest absolute Gasteiger partial charge is 0.497 e. The number of carboxylic acid groups (broad SMARTS) is 1. The lowest BCUT2D eigenvalue weighted by Crippen LogP contribution is -2.63. The zero-order valence-corrected chi connectivity index (χ0v) is 20.2. The monoisotopic (exact) mass is 482 g/mol. The van der Waals surface area contributed by atoms with Gasteiger partial charge >= 0.3 is 5.97 Å². The molecule has 5 atom stereocenters. The van der Waals surface area contributed by atoms with Gasteiger partial charge in [0.05, 0.1) is 12.7 Å². The average Bonchev–Trinajstić information content (AvgIpc) is 3.46. The molecule has 2 saturated carbocycles. The van der Waals surface area contributed by atoms with Gasteiger partial charge in [0.1, 0.15) is 17.6 Å². The highest BCUT2D eigenvalue weighted by Gasteiger charge is 2.69. The fraction of sp³-hybridized carbons (Fsp3) is 0.667. The minimum atomic E-state index is -1.11. The van der Waals surface area contributed by atoms with Crippen molar-refractivity contribution in [2.24, 2.45) is 11.8 Å². The number of hydrogen-bond donors (Lipinski definition) is 2. The Morgan fingerprint density at radius 2 is 2.03 bits per heavy atom. The third kappa shape index (κ3) is 3.44. The molecule has 2 heterocycles. The summed E-state index contributed by atoms with van der Waals surface area (Å²) in [7, 11) is 1.63. The molecule has 2 N–H and O–H groups in total. The van der Waals surface area contributed by atoms with Crippen molar-refractivity contribution < 1.29 is 29.3 Å². The summed E-state index contributed by atoms with van der Waals surface area (Å²) in [5.74, 6) is -0.492. The molecule has 1 unspecified atom stereocenters. The summed E-state index contributed by atoms with van der Waals surface area (Å²) < 4.78 is 5.51. The number of carbonyl (C=O) groups excluding carboxylic acids is 2. The summed E-state index contributed by atoms with van der Waals surface area (Å²) in [5, 5.41) is 21.9. The molecule has 2 saturated heterocycles. The fourth-order valence-corrected chi connectivity index (χ4v) is 7.57. The van der Waals surface area contributed by atoms with Crippen molar-refractivity contribution in [3.63, 3.8) is 0 Å². The first-order valence-electron chi connectivity index (χ1n) is 12.9. The van der Waals surface area contributed by atoms with E-state index in [1.54, 1.807) is 7.11 Å². The molecule has 1 aromatic rings. The van der Waals surface area contributed by atoms with E-state index in [-0.39, 0.29) is 37.0 Å². The van der Waals surface area contributed by atoms with E-state index in [0.29, 0.717) is 38.3 Å². The van der Waals surface area contributed by atoms with E-state index in [0.717, 1.165) is 17.9 Å². The maximum atomic E-state index is 13.6. The Bertz CT molecular complexity index is 1090. The fourth-order valence-electron chi connectivity index (χ4n) is 7.57. The van der Waals surface area contributed by atoms with Gasteiger partial charge in [0.25, 0.3) is 0 Å². The van der Waals surface area contributed by atoms with Gasteiger partial charge in [-0.25, -0.2) is 4.79 Å². The number of carbonyl (C=O) groups is 3. The molecule has 0 aromatic heterocycles. The van der Waals surface area contributed by atoms with Crippen LogP contribution in [0.2, 0.25) is 0 Å². The van der Waals surface area contributed by atoms with Crippen LogP contribution in [0.4, 0.5) is 0 Å². The molecular weight excluding hydrogens is 448 g/mol. The molecule has 2 aliphatic heterocycles. The molecule has 1 amide bonds. The van der Waals surface area contributed by atoms with Crippen LogP contribution in [0.15, 0.2) is 18.2 Å². The minimum Gasteiger partial charge on any atom is -0.497 e. The van der Waals surface area contributed by atoms with Crippen LogP contribution in [0.5, 0.6) is 5.75 Å². The second kappa shape index (κ2) is 8.03. The van der Waals surface area contributed by atoms with E-state index in [4.69, 9.17) is 4.74 Å². The van der Waals surface area contributed by atoms with Crippen molar-refractivity contribution in [3.05, 3.63) is 29.3 Å². The van der Waals surface area contributed by atoms with Crippen LogP contribution in [0.25, 0.3) is 0 Å². The molecule has 188 valence electrons. The maximum Gasteiger partial charge on any atom is 0.326 e. The molecule has 5 aliphatic rings. The summed E-state index contributed by atoms with van der Waals surface area (Å²) in [6.07, 6.45) is 4.66. The Kier molecular flexibility index (Phi) is 5.27. The molecule has 4 fully saturated rings. The van der Waals surface area contributed by atoms with Crippen molar-refractivity contribution in [3.8, 4) is 5.75 Å². The first-order valence-corrected chi connectivity index (χ1v) is 12.9. The van der Waals surface area contributed by atoms with Crippen LogP contribution in [0, 0.1) is 11.8 Å².